The van der Waals surface area contributed by atoms with Crippen LogP contribution >= 0.6 is 0 Å². The van der Waals surface area contributed by atoms with Gasteiger partial charge in [0.15, 0.2) is 5.69 Å². The molecule has 4 fully saturated rings. The molecule has 1 heterocycles. The number of carbonyl (C=O) groups is 1. The SMILES string of the molecule is Cc1c(C(=O)O)ncn1C1C2CC3CC(C2)CC1C3. The van der Waals surface area contributed by atoms with E-state index in [4.69, 9.17) is 5.11 Å². The van der Waals surface area contributed by atoms with E-state index in [1.54, 1.807) is 6.33 Å². The Morgan fingerprint density at radius 3 is 2.26 bits per heavy atom. The van der Waals surface area contributed by atoms with Gasteiger partial charge in [-0.15, -0.1) is 0 Å². The molecule has 4 aliphatic rings. The molecule has 102 valence electrons. The Labute approximate surface area is 112 Å². The van der Waals surface area contributed by atoms with Crippen LogP contribution in [0.5, 0.6) is 0 Å². The fourth-order valence-electron chi connectivity index (χ4n) is 5.28. The Bertz CT molecular complexity index is 506. The zero-order valence-corrected chi connectivity index (χ0v) is 11.2. The van der Waals surface area contributed by atoms with Gasteiger partial charge in [0.25, 0.3) is 0 Å². The number of carboxylic acid groups (broad SMARTS) is 1. The van der Waals surface area contributed by atoms with E-state index in [-0.39, 0.29) is 5.69 Å². The summed E-state index contributed by atoms with van der Waals surface area (Å²) in [7, 11) is 0. The number of carboxylic acids is 1. The quantitative estimate of drug-likeness (QED) is 0.889. The van der Waals surface area contributed by atoms with Crippen molar-refractivity contribution in [3.8, 4) is 0 Å². The summed E-state index contributed by atoms with van der Waals surface area (Å²) in [4.78, 5) is 15.3. The molecule has 4 bridgehead atoms. The van der Waals surface area contributed by atoms with Crippen LogP contribution in [0.3, 0.4) is 0 Å². The highest BCUT2D eigenvalue weighted by atomic mass is 16.4. The third-order valence-corrected chi connectivity index (χ3v) is 5.74. The third-order valence-electron chi connectivity index (χ3n) is 5.74. The smallest absolute Gasteiger partial charge is 0.356 e. The second-order valence-electron chi connectivity index (χ2n) is 6.81. The number of imidazole rings is 1. The molecule has 0 amide bonds. The highest BCUT2D eigenvalue weighted by Crippen LogP contribution is 2.58. The molecule has 1 aromatic rings. The first-order valence-electron chi connectivity index (χ1n) is 7.40. The van der Waals surface area contributed by atoms with E-state index < -0.39 is 5.97 Å². The molecular formula is C15H20N2O2. The lowest BCUT2D eigenvalue weighted by Gasteiger charge is -2.54. The van der Waals surface area contributed by atoms with Gasteiger partial charge in [-0.25, -0.2) is 9.78 Å². The van der Waals surface area contributed by atoms with E-state index in [2.05, 4.69) is 9.55 Å². The van der Waals surface area contributed by atoms with Gasteiger partial charge in [0, 0.05) is 11.7 Å². The Hall–Kier alpha value is -1.32. The summed E-state index contributed by atoms with van der Waals surface area (Å²) in [5.41, 5.74) is 1.07. The molecule has 0 aliphatic heterocycles. The monoisotopic (exact) mass is 260 g/mol. The van der Waals surface area contributed by atoms with Crippen LogP contribution in [0.2, 0.25) is 0 Å². The van der Waals surface area contributed by atoms with Crippen LogP contribution < -0.4 is 0 Å². The molecule has 0 atom stereocenters. The largest absolute Gasteiger partial charge is 0.476 e. The molecule has 0 radical (unpaired) electrons. The van der Waals surface area contributed by atoms with Crippen LogP contribution in [-0.4, -0.2) is 20.6 Å². The van der Waals surface area contributed by atoms with E-state index in [0.717, 1.165) is 29.4 Å². The number of hydrogen-bond acceptors (Lipinski definition) is 2. The van der Waals surface area contributed by atoms with Gasteiger partial charge in [0.2, 0.25) is 0 Å². The summed E-state index contributed by atoms with van der Waals surface area (Å²) in [6.45, 7) is 1.90. The summed E-state index contributed by atoms with van der Waals surface area (Å²) < 4.78 is 2.18. The lowest BCUT2D eigenvalue weighted by molar-refractivity contribution is -0.0298. The second-order valence-corrected chi connectivity index (χ2v) is 6.81. The number of aromatic carboxylic acids is 1. The van der Waals surface area contributed by atoms with Crippen molar-refractivity contribution in [3.63, 3.8) is 0 Å². The predicted molar refractivity (Wildman–Crippen MR) is 70.0 cm³/mol. The van der Waals surface area contributed by atoms with Crippen LogP contribution in [0, 0.1) is 30.6 Å². The predicted octanol–water partition coefficient (Wildman–Crippen LogP) is 2.89. The molecule has 19 heavy (non-hydrogen) atoms. The number of aromatic nitrogens is 2. The molecule has 5 rings (SSSR count). The maximum Gasteiger partial charge on any atom is 0.356 e. The second kappa shape index (κ2) is 3.84. The molecule has 4 nitrogen and oxygen atoms in total. The van der Waals surface area contributed by atoms with Gasteiger partial charge in [0.1, 0.15) is 0 Å². The molecule has 4 aliphatic carbocycles. The molecule has 4 saturated carbocycles. The highest BCUT2D eigenvalue weighted by molar-refractivity contribution is 5.86. The van der Waals surface area contributed by atoms with E-state index in [1.807, 2.05) is 6.92 Å². The minimum absolute atomic E-state index is 0.230. The van der Waals surface area contributed by atoms with E-state index in [0.29, 0.717) is 6.04 Å². The summed E-state index contributed by atoms with van der Waals surface area (Å²) in [6, 6.07) is 0.508. The Balaban J connectivity index is 1.71. The van der Waals surface area contributed by atoms with Crippen molar-refractivity contribution in [2.75, 3.05) is 0 Å². The number of nitrogens with zero attached hydrogens (tertiary/aromatic N) is 2. The van der Waals surface area contributed by atoms with Crippen molar-refractivity contribution < 1.29 is 9.90 Å². The van der Waals surface area contributed by atoms with Crippen LogP contribution in [0.25, 0.3) is 0 Å². The van der Waals surface area contributed by atoms with E-state index >= 15 is 0 Å². The van der Waals surface area contributed by atoms with Crippen molar-refractivity contribution in [1.29, 1.82) is 0 Å². The molecule has 0 saturated heterocycles. The average molecular weight is 260 g/mol. The fraction of sp³-hybridized carbons (Fsp3) is 0.733. The first-order chi connectivity index (χ1) is 9.13. The van der Waals surface area contributed by atoms with Crippen molar-refractivity contribution in [2.24, 2.45) is 23.7 Å². The van der Waals surface area contributed by atoms with Crippen molar-refractivity contribution in [2.45, 2.75) is 45.1 Å². The van der Waals surface area contributed by atoms with Gasteiger partial charge in [-0.2, -0.15) is 0 Å². The van der Waals surface area contributed by atoms with Gasteiger partial charge in [-0.05, 0) is 62.7 Å². The highest BCUT2D eigenvalue weighted by Gasteiger charge is 2.49. The third kappa shape index (κ3) is 1.58. The van der Waals surface area contributed by atoms with Crippen molar-refractivity contribution in [1.82, 2.24) is 9.55 Å². The molecule has 0 aromatic carbocycles. The lowest BCUT2D eigenvalue weighted by atomic mass is 9.54. The van der Waals surface area contributed by atoms with Gasteiger partial charge in [-0.3, -0.25) is 0 Å². The Morgan fingerprint density at radius 2 is 1.79 bits per heavy atom. The lowest BCUT2D eigenvalue weighted by Crippen LogP contribution is -2.46. The maximum atomic E-state index is 11.1. The van der Waals surface area contributed by atoms with Crippen LogP contribution in [0.15, 0.2) is 6.33 Å². The summed E-state index contributed by atoms with van der Waals surface area (Å²) in [5.74, 6) is 2.50. The maximum absolute atomic E-state index is 11.1. The topological polar surface area (TPSA) is 55.1 Å². The minimum Gasteiger partial charge on any atom is -0.476 e. The normalized spacial score (nSPS) is 39.7. The molecule has 4 heteroatoms. The number of rotatable bonds is 2. The summed E-state index contributed by atoms with van der Waals surface area (Å²) in [6.07, 6.45) is 8.60. The van der Waals surface area contributed by atoms with Crippen LogP contribution in [0.1, 0.15) is 54.3 Å². The summed E-state index contributed by atoms with van der Waals surface area (Å²) in [5, 5.41) is 9.15. The van der Waals surface area contributed by atoms with Crippen molar-refractivity contribution >= 4 is 5.97 Å². The van der Waals surface area contributed by atoms with E-state index in [1.165, 1.54) is 32.1 Å². The Morgan fingerprint density at radius 1 is 1.21 bits per heavy atom. The molecular weight excluding hydrogens is 240 g/mol. The van der Waals surface area contributed by atoms with E-state index in [9.17, 15) is 4.79 Å². The van der Waals surface area contributed by atoms with Gasteiger partial charge in [0.05, 0.1) is 6.33 Å². The molecule has 1 N–H and O–H groups in total. The molecule has 0 unspecified atom stereocenters. The standard InChI is InChI=1S/C15H20N2O2/c1-8-13(15(18)19)16-7-17(8)14-11-3-9-2-10(5-11)6-12(14)4-9/h7,9-12,14H,2-6H2,1H3,(H,18,19). The zero-order chi connectivity index (χ0) is 13.1. The summed E-state index contributed by atoms with van der Waals surface area (Å²) >= 11 is 0. The first-order valence-corrected chi connectivity index (χ1v) is 7.40. The van der Waals surface area contributed by atoms with Gasteiger partial charge < -0.3 is 9.67 Å². The van der Waals surface area contributed by atoms with Gasteiger partial charge in [-0.1, -0.05) is 0 Å². The first kappa shape index (κ1) is 11.5. The zero-order valence-electron chi connectivity index (χ0n) is 11.2. The number of hydrogen-bond donors (Lipinski definition) is 1. The van der Waals surface area contributed by atoms with Crippen molar-refractivity contribution in [3.05, 3.63) is 17.7 Å². The van der Waals surface area contributed by atoms with Gasteiger partial charge >= 0.3 is 5.97 Å². The van der Waals surface area contributed by atoms with Crippen LogP contribution in [-0.2, 0) is 0 Å². The fourth-order valence-corrected chi connectivity index (χ4v) is 5.28. The minimum atomic E-state index is -0.903. The Kier molecular flexibility index (Phi) is 2.32. The van der Waals surface area contributed by atoms with Crippen LogP contribution in [0.4, 0.5) is 0 Å². The molecule has 0 spiro atoms. The average Bonchev–Trinajstić information content (AvgIpc) is 2.70. The molecule has 1 aromatic heterocycles.